The Morgan fingerprint density at radius 3 is 2.61 bits per heavy atom. The van der Waals surface area contributed by atoms with Gasteiger partial charge in [0.2, 0.25) is 5.91 Å². The van der Waals surface area contributed by atoms with Crippen LogP contribution in [0.4, 0.5) is 39.1 Å². The SMILES string of the molecule is Cc1cc(C(F)(F)F)cc(N2c3cccnc3C[C@H]2C(=O)N(C)c2cc(Cl)c(F)cc2F)n1. The number of aryl methyl sites for hydroxylation is 1. The molecule has 4 rings (SSSR count). The third-order valence-electron chi connectivity index (χ3n) is 5.30. The fourth-order valence-electron chi connectivity index (χ4n) is 3.78. The quantitative estimate of drug-likeness (QED) is 0.367. The molecular weight excluding hydrogens is 467 g/mol. The number of pyridine rings is 2. The van der Waals surface area contributed by atoms with Crippen molar-refractivity contribution in [1.29, 1.82) is 0 Å². The molecule has 0 bridgehead atoms. The molecule has 11 heteroatoms. The van der Waals surface area contributed by atoms with E-state index in [0.29, 0.717) is 17.4 Å². The first kappa shape index (κ1) is 22.9. The zero-order chi connectivity index (χ0) is 24.1. The Balaban J connectivity index is 1.80. The average Bonchev–Trinajstić information content (AvgIpc) is 3.14. The third-order valence-corrected chi connectivity index (χ3v) is 5.59. The van der Waals surface area contributed by atoms with Crippen LogP contribution in [-0.2, 0) is 17.4 Å². The number of halogens is 6. The molecule has 0 radical (unpaired) electrons. The minimum Gasteiger partial charge on any atom is -0.312 e. The van der Waals surface area contributed by atoms with E-state index in [-0.39, 0.29) is 28.6 Å². The summed E-state index contributed by atoms with van der Waals surface area (Å²) >= 11 is 5.75. The fraction of sp³-hybridized carbons (Fsp3) is 0.227. The van der Waals surface area contributed by atoms with E-state index in [9.17, 15) is 26.7 Å². The Labute approximate surface area is 190 Å². The number of hydrogen-bond acceptors (Lipinski definition) is 4. The highest BCUT2D eigenvalue weighted by Gasteiger charge is 2.40. The molecule has 0 unspecified atom stereocenters. The van der Waals surface area contributed by atoms with Crippen LogP contribution in [0.15, 0.2) is 42.6 Å². The van der Waals surface area contributed by atoms with Crippen molar-refractivity contribution >= 4 is 34.7 Å². The molecule has 1 aromatic carbocycles. The van der Waals surface area contributed by atoms with Crippen molar-refractivity contribution in [3.05, 3.63) is 76.2 Å². The molecule has 3 aromatic rings. The maximum absolute atomic E-state index is 14.4. The minimum atomic E-state index is -4.62. The molecule has 2 aromatic heterocycles. The summed E-state index contributed by atoms with van der Waals surface area (Å²) in [7, 11) is 1.27. The summed E-state index contributed by atoms with van der Waals surface area (Å²) in [6.07, 6.45) is -3.07. The molecule has 0 spiro atoms. The molecule has 1 amide bonds. The molecule has 0 saturated heterocycles. The number of amides is 1. The van der Waals surface area contributed by atoms with Gasteiger partial charge in [0, 0.05) is 31.4 Å². The van der Waals surface area contributed by atoms with Gasteiger partial charge in [-0.25, -0.2) is 13.8 Å². The van der Waals surface area contributed by atoms with E-state index in [2.05, 4.69) is 9.97 Å². The smallest absolute Gasteiger partial charge is 0.312 e. The van der Waals surface area contributed by atoms with E-state index in [1.54, 1.807) is 12.1 Å². The van der Waals surface area contributed by atoms with Crippen molar-refractivity contribution in [2.75, 3.05) is 16.8 Å². The second kappa shape index (κ2) is 8.26. The summed E-state index contributed by atoms with van der Waals surface area (Å²) < 4.78 is 68.3. The second-order valence-electron chi connectivity index (χ2n) is 7.53. The highest BCUT2D eigenvalue weighted by atomic mass is 35.5. The molecule has 3 heterocycles. The van der Waals surface area contributed by atoms with Crippen LogP contribution in [0.1, 0.15) is 17.0 Å². The number of nitrogens with zero attached hydrogens (tertiary/aromatic N) is 4. The number of carbonyl (C=O) groups excluding carboxylic acids is 1. The monoisotopic (exact) mass is 482 g/mol. The standard InChI is InChI=1S/C22H16ClF5N4O/c1-11-6-12(22(26,27)28)7-20(30-11)32-17-4-3-5-29-16(17)10-19(32)21(33)31(2)18-8-13(23)14(24)9-15(18)25/h3-9,19H,10H2,1-2H3/t19-/m0/s1. The van der Waals surface area contributed by atoms with Crippen molar-refractivity contribution in [3.63, 3.8) is 0 Å². The summed E-state index contributed by atoms with van der Waals surface area (Å²) in [5, 5.41) is -0.380. The summed E-state index contributed by atoms with van der Waals surface area (Å²) in [6.45, 7) is 1.41. The maximum Gasteiger partial charge on any atom is 0.416 e. The van der Waals surface area contributed by atoms with E-state index in [0.717, 1.165) is 23.1 Å². The van der Waals surface area contributed by atoms with Gasteiger partial charge < -0.3 is 9.80 Å². The van der Waals surface area contributed by atoms with Crippen LogP contribution in [0.3, 0.4) is 0 Å². The van der Waals surface area contributed by atoms with Crippen LogP contribution in [0.25, 0.3) is 0 Å². The van der Waals surface area contributed by atoms with Gasteiger partial charge in [0.15, 0.2) is 0 Å². The molecule has 1 atom stereocenters. The first-order valence-corrected chi connectivity index (χ1v) is 10.1. The van der Waals surface area contributed by atoms with E-state index in [1.807, 2.05) is 0 Å². The Kier molecular flexibility index (Phi) is 5.73. The molecule has 172 valence electrons. The normalized spacial score (nSPS) is 15.5. The first-order valence-electron chi connectivity index (χ1n) is 9.68. The number of alkyl halides is 3. The molecule has 5 nitrogen and oxygen atoms in total. The maximum atomic E-state index is 14.4. The van der Waals surface area contributed by atoms with Gasteiger partial charge in [0.05, 0.1) is 27.7 Å². The Morgan fingerprint density at radius 2 is 1.91 bits per heavy atom. The zero-order valence-corrected chi connectivity index (χ0v) is 18.0. The van der Waals surface area contributed by atoms with Gasteiger partial charge in [0.25, 0.3) is 0 Å². The van der Waals surface area contributed by atoms with Gasteiger partial charge in [-0.2, -0.15) is 13.2 Å². The van der Waals surface area contributed by atoms with Crippen molar-refractivity contribution in [2.24, 2.45) is 0 Å². The Bertz CT molecular complexity index is 1250. The van der Waals surface area contributed by atoms with Gasteiger partial charge >= 0.3 is 6.18 Å². The topological polar surface area (TPSA) is 49.3 Å². The highest BCUT2D eigenvalue weighted by molar-refractivity contribution is 6.31. The lowest BCUT2D eigenvalue weighted by Gasteiger charge is -2.30. The number of aromatic nitrogens is 2. The summed E-state index contributed by atoms with van der Waals surface area (Å²) in [5.74, 6) is -2.76. The lowest BCUT2D eigenvalue weighted by atomic mass is 10.1. The van der Waals surface area contributed by atoms with Gasteiger partial charge in [0.1, 0.15) is 23.5 Å². The van der Waals surface area contributed by atoms with E-state index < -0.39 is 35.3 Å². The van der Waals surface area contributed by atoms with Gasteiger partial charge in [-0.15, -0.1) is 0 Å². The number of fused-ring (bicyclic) bond motifs is 1. The molecule has 0 aliphatic carbocycles. The minimum absolute atomic E-state index is 0.0485. The van der Waals surface area contributed by atoms with Crippen molar-refractivity contribution in [3.8, 4) is 0 Å². The largest absolute Gasteiger partial charge is 0.416 e. The lowest BCUT2D eigenvalue weighted by molar-refractivity contribution is -0.137. The van der Waals surface area contributed by atoms with E-state index in [1.165, 1.54) is 25.1 Å². The molecule has 1 aliphatic heterocycles. The number of anilines is 3. The third kappa shape index (κ3) is 4.22. The van der Waals surface area contributed by atoms with Gasteiger partial charge in [-0.3, -0.25) is 9.78 Å². The van der Waals surface area contributed by atoms with Crippen LogP contribution in [0, 0.1) is 18.6 Å². The summed E-state index contributed by atoms with van der Waals surface area (Å²) in [6, 6.07) is 5.42. The molecule has 0 N–H and O–H groups in total. The second-order valence-corrected chi connectivity index (χ2v) is 7.93. The highest BCUT2D eigenvalue weighted by Crippen LogP contribution is 2.40. The number of rotatable bonds is 3. The molecule has 0 fully saturated rings. The average molecular weight is 483 g/mol. The summed E-state index contributed by atoms with van der Waals surface area (Å²) in [4.78, 5) is 24.2. The van der Waals surface area contributed by atoms with E-state index in [4.69, 9.17) is 11.6 Å². The number of benzene rings is 1. The van der Waals surface area contributed by atoms with Crippen LogP contribution < -0.4 is 9.80 Å². The number of hydrogen-bond donors (Lipinski definition) is 0. The molecule has 33 heavy (non-hydrogen) atoms. The number of carbonyl (C=O) groups is 1. The zero-order valence-electron chi connectivity index (χ0n) is 17.3. The van der Waals surface area contributed by atoms with Crippen molar-refractivity contribution in [1.82, 2.24) is 9.97 Å². The predicted molar refractivity (Wildman–Crippen MR) is 113 cm³/mol. The van der Waals surface area contributed by atoms with Gasteiger partial charge in [-0.05, 0) is 37.3 Å². The van der Waals surface area contributed by atoms with Crippen LogP contribution in [0.2, 0.25) is 5.02 Å². The van der Waals surface area contributed by atoms with Crippen LogP contribution >= 0.6 is 11.6 Å². The summed E-state index contributed by atoms with van der Waals surface area (Å²) in [5.41, 5.74) is -0.207. The van der Waals surface area contributed by atoms with Crippen molar-refractivity contribution < 1.29 is 26.7 Å². The van der Waals surface area contributed by atoms with Crippen LogP contribution in [-0.4, -0.2) is 29.0 Å². The number of likely N-dealkylation sites (N-methyl/N-ethyl adjacent to an activating group) is 1. The molecule has 0 saturated carbocycles. The molecule has 1 aliphatic rings. The van der Waals surface area contributed by atoms with Crippen molar-refractivity contribution in [2.45, 2.75) is 25.6 Å². The van der Waals surface area contributed by atoms with E-state index >= 15 is 0 Å². The Hall–Kier alpha value is -3.27. The van der Waals surface area contributed by atoms with Gasteiger partial charge in [-0.1, -0.05) is 11.6 Å². The first-order chi connectivity index (χ1) is 15.5. The lowest BCUT2D eigenvalue weighted by Crippen LogP contribution is -2.45. The Morgan fingerprint density at radius 1 is 1.18 bits per heavy atom. The fourth-order valence-corrected chi connectivity index (χ4v) is 3.94. The molecular formula is C22H16ClF5N4O. The predicted octanol–water partition coefficient (Wildman–Crippen LogP) is 5.46. The van der Waals surface area contributed by atoms with Crippen LogP contribution in [0.5, 0.6) is 0 Å².